The highest BCUT2D eigenvalue weighted by molar-refractivity contribution is 5.36. The van der Waals surface area contributed by atoms with Gasteiger partial charge in [-0.05, 0) is 72.5 Å². The first-order valence-electron chi connectivity index (χ1n) is 8.07. The lowest BCUT2D eigenvalue weighted by atomic mass is 9.43. The lowest BCUT2D eigenvalue weighted by Crippen LogP contribution is -2.56. The second kappa shape index (κ2) is 2.64. The highest BCUT2D eigenvalue weighted by Crippen LogP contribution is 2.88. The molecule has 0 amide bonds. The monoisotopic (exact) mass is 258 g/mol. The van der Waals surface area contributed by atoms with Gasteiger partial charge in [0.15, 0.2) is 0 Å². The summed E-state index contributed by atoms with van der Waals surface area (Å²) in [6.07, 6.45) is 10.0. The summed E-state index contributed by atoms with van der Waals surface area (Å²) in [5, 5.41) is 0. The second-order valence-electron chi connectivity index (χ2n) is 9.18. The molecule has 4 N–H and O–H groups in total. The maximum absolute atomic E-state index is 6.76. The van der Waals surface area contributed by atoms with Crippen LogP contribution in [0.15, 0.2) is 11.8 Å². The van der Waals surface area contributed by atoms with E-state index >= 15 is 0 Å². The summed E-state index contributed by atoms with van der Waals surface area (Å²) in [6.45, 7) is 5.10. The predicted molar refractivity (Wildman–Crippen MR) is 76.0 cm³/mol. The van der Waals surface area contributed by atoms with Gasteiger partial charge in [0.2, 0.25) is 0 Å². The van der Waals surface area contributed by atoms with Crippen molar-refractivity contribution in [2.75, 3.05) is 0 Å². The Kier molecular flexibility index (Phi) is 1.55. The van der Waals surface area contributed by atoms with Crippen molar-refractivity contribution in [1.29, 1.82) is 0 Å². The van der Waals surface area contributed by atoms with Crippen LogP contribution in [-0.2, 0) is 0 Å². The van der Waals surface area contributed by atoms with Gasteiger partial charge in [-0.25, -0.2) is 0 Å². The molecule has 2 bridgehead atoms. The summed E-state index contributed by atoms with van der Waals surface area (Å²) in [7, 11) is 0. The van der Waals surface area contributed by atoms with Gasteiger partial charge >= 0.3 is 0 Å². The van der Waals surface area contributed by atoms with E-state index in [2.05, 4.69) is 19.9 Å². The van der Waals surface area contributed by atoms with Gasteiger partial charge in [0, 0.05) is 11.2 Å². The molecule has 2 heteroatoms. The fraction of sp³-hybridized carbons (Fsp3) is 0.882. The SMILES string of the molecule is CC12CC=C(N)CC1C1CC3(C)CC4(N)CC2C13C4. The number of hydrogen-bond donors (Lipinski definition) is 2. The van der Waals surface area contributed by atoms with Crippen molar-refractivity contribution in [1.82, 2.24) is 0 Å². The Morgan fingerprint density at radius 2 is 1.95 bits per heavy atom. The Morgan fingerprint density at radius 3 is 2.68 bits per heavy atom. The number of nitrogens with two attached hydrogens (primary N) is 2. The summed E-state index contributed by atoms with van der Waals surface area (Å²) in [5.41, 5.74) is 15.9. The van der Waals surface area contributed by atoms with Gasteiger partial charge in [-0.2, -0.15) is 0 Å². The van der Waals surface area contributed by atoms with E-state index in [-0.39, 0.29) is 5.54 Å². The van der Waals surface area contributed by atoms with Crippen LogP contribution in [0.25, 0.3) is 0 Å². The van der Waals surface area contributed by atoms with Crippen molar-refractivity contribution in [3.63, 3.8) is 0 Å². The van der Waals surface area contributed by atoms with Gasteiger partial charge in [-0.3, -0.25) is 0 Å². The molecule has 5 aliphatic carbocycles. The molecule has 5 rings (SSSR count). The van der Waals surface area contributed by atoms with Crippen LogP contribution in [0.5, 0.6) is 0 Å². The largest absolute Gasteiger partial charge is 0.402 e. The van der Waals surface area contributed by atoms with Crippen LogP contribution in [0.3, 0.4) is 0 Å². The lowest BCUT2D eigenvalue weighted by molar-refractivity contribution is -0.130. The van der Waals surface area contributed by atoms with Gasteiger partial charge in [0.05, 0.1) is 0 Å². The Morgan fingerprint density at radius 1 is 1.16 bits per heavy atom. The molecule has 7 atom stereocenters. The minimum absolute atomic E-state index is 0.175. The first-order valence-corrected chi connectivity index (χ1v) is 8.07. The van der Waals surface area contributed by atoms with E-state index in [0.29, 0.717) is 16.2 Å². The highest BCUT2D eigenvalue weighted by atomic mass is 15.0. The molecule has 19 heavy (non-hydrogen) atoms. The highest BCUT2D eigenvalue weighted by Gasteiger charge is 2.84. The van der Waals surface area contributed by atoms with Crippen molar-refractivity contribution in [3.8, 4) is 0 Å². The molecule has 2 nitrogen and oxygen atoms in total. The first kappa shape index (κ1) is 11.2. The molecule has 7 unspecified atom stereocenters. The van der Waals surface area contributed by atoms with Crippen molar-refractivity contribution in [2.45, 2.75) is 57.9 Å². The zero-order valence-corrected chi connectivity index (χ0v) is 12.2. The fourth-order valence-corrected chi connectivity index (χ4v) is 8.11. The van der Waals surface area contributed by atoms with Crippen molar-refractivity contribution in [2.24, 2.45) is 45.5 Å². The number of allylic oxidation sites excluding steroid dienone is 2. The molecule has 0 saturated heterocycles. The van der Waals surface area contributed by atoms with Crippen molar-refractivity contribution >= 4 is 0 Å². The topological polar surface area (TPSA) is 52.0 Å². The van der Waals surface area contributed by atoms with Gasteiger partial charge in [-0.15, -0.1) is 0 Å². The summed E-state index contributed by atoms with van der Waals surface area (Å²) < 4.78 is 0. The van der Waals surface area contributed by atoms with Gasteiger partial charge < -0.3 is 11.5 Å². The number of hydrogen-bond acceptors (Lipinski definition) is 2. The molecule has 0 radical (unpaired) electrons. The van der Waals surface area contributed by atoms with E-state index in [4.69, 9.17) is 11.5 Å². The zero-order chi connectivity index (χ0) is 13.3. The van der Waals surface area contributed by atoms with E-state index < -0.39 is 0 Å². The van der Waals surface area contributed by atoms with Gasteiger partial charge in [-0.1, -0.05) is 19.9 Å². The normalized spacial score (nSPS) is 68.4. The number of rotatable bonds is 0. The molecule has 5 aliphatic rings. The van der Waals surface area contributed by atoms with Gasteiger partial charge in [0.1, 0.15) is 0 Å². The van der Waals surface area contributed by atoms with E-state index in [1.807, 2.05) is 0 Å². The van der Waals surface area contributed by atoms with Crippen LogP contribution in [0.4, 0.5) is 0 Å². The standard InChI is InChI=1S/C17H26N2/c1-14-6-12-11-5-10(18)3-4-15(11,2)13-7-16(19,8-14)9-17(12,13)14/h3,11-13H,4-9,18-19H2,1-2H3. The molecular weight excluding hydrogens is 232 g/mol. The smallest absolute Gasteiger partial charge is 0.0168 e. The third-order valence-corrected chi connectivity index (χ3v) is 8.46. The second-order valence-corrected chi connectivity index (χ2v) is 9.18. The van der Waals surface area contributed by atoms with Crippen LogP contribution in [0.1, 0.15) is 52.4 Å². The van der Waals surface area contributed by atoms with Crippen LogP contribution in [-0.4, -0.2) is 5.54 Å². The molecule has 0 aromatic carbocycles. The Balaban J connectivity index is 1.69. The average Bonchev–Trinajstić information content (AvgIpc) is 2.79. The van der Waals surface area contributed by atoms with Crippen LogP contribution >= 0.6 is 0 Å². The fourth-order valence-electron chi connectivity index (χ4n) is 8.11. The Bertz CT molecular complexity index is 525. The first-order chi connectivity index (χ1) is 8.83. The van der Waals surface area contributed by atoms with E-state index in [1.165, 1.54) is 32.1 Å². The molecular formula is C17H26N2. The summed E-state index contributed by atoms with van der Waals surface area (Å²) in [5.74, 6) is 2.64. The lowest BCUT2D eigenvalue weighted by Gasteiger charge is -2.61. The number of fused-ring (bicyclic) bond motifs is 4. The van der Waals surface area contributed by atoms with Crippen LogP contribution in [0.2, 0.25) is 0 Å². The molecule has 0 aromatic heterocycles. The molecule has 104 valence electrons. The molecule has 4 saturated carbocycles. The molecule has 0 aromatic rings. The van der Waals surface area contributed by atoms with Crippen molar-refractivity contribution in [3.05, 3.63) is 11.8 Å². The quantitative estimate of drug-likeness (QED) is 0.702. The third kappa shape index (κ3) is 0.896. The minimum Gasteiger partial charge on any atom is -0.402 e. The van der Waals surface area contributed by atoms with E-state index in [9.17, 15) is 0 Å². The van der Waals surface area contributed by atoms with Crippen LogP contribution < -0.4 is 11.5 Å². The van der Waals surface area contributed by atoms with Gasteiger partial charge in [0.25, 0.3) is 0 Å². The summed E-state index contributed by atoms with van der Waals surface area (Å²) >= 11 is 0. The Labute approximate surface area is 116 Å². The van der Waals surface area contributed by atoms with E-state index in [0.717, 1.165) is 29.9 Å². The average molecular weight is 258 g/mol. The minimum atomic E-state index is 0.175. The zero-order valence-electron chi connectivity index (χ0n) is 12.2. The predicted octanol–water partition coefficient (Wildman–Crippen LogP) is 2.78. The van der Waals surface area contributed by atoms with Crippen molar-refractivity contribution < 1.29 is 0 Å². The van der Waals surface area contributed by atoms with E-state index in [1.54, 1.807) is 0 Å². The molecule has 0 heterocycles. The maximum atomic E-state index is 6.76. The Hall–Kier alpha value is -0.500. The molecule has 0 aliphatic heterocycles. The third-order valence-electron chi connectivity index (χ3n) is 8.46. The summed E-state index contributed by atoms with van der Waals surface area (Å²) in [6, 6.07) is 0. The maximum Gasteiger partial charge on any atom is 0.0168 e. The van der Waals surface area contributed by atoms with Crippen LogP contribution in [0, 0.1) is 34.0 Å². The molecule has 4 fully saturated rings. The summed E-state index contributed by atoms with van der Waals surface area (Å²) in [4.78, 5) is 0. The molecule has 1 spiro atoms.